The molecule has 3 aromatic rings. The summed E-state index contributed by atoms with van der Waals surface area (Å²) >= 11 is 0. The number of benzene rings is 2. The van der Waals surface area contributed by atoms with Gasteiger partial charge in [-0.2, -0.15) is 0 Å². The van der Waals surface area contributed by atoms with Crippen molar-refractivity contribution in [3.05, 3.63) is 60.0 Å². The molecular formula is C24H25FN2O. The van der Waals surface area contributed by atoms with Gasteiger partial charge in [0, 0.05) is 28.2 Å². The predicted octanol–water partition coefficient (Wildman–Crippen LogP) is 5.42. The molecule has 2 heterocycles. The van der Waals surface area contributed by atoms with Crippen LogP contribution in [0, 0.1) is 5.82 Å². The first-order valence-corrected chi connectivity index (χ1v) is 9.96. The molecule has 1 aromatic heterocycles. The molecule has 1 aliphatic heterocycles. The van der Waals surface area contributed by atoms with Gasteiger partial charge in [0.2, 0.25) is 0 Å². The van der Waals surface area contributed by atoms with E-state index in [4.69, 9.17) is 0 Å². The number of anilines is 1. The summed E-state index contributed by atoms with van der Waals surface area (Å²) in [7, 11) is 0. The third-order valence-electron chi connectivity index (χ3n) is 7.25. The Kier molecular flexibility index (Phi) is 3.49. The number of pyridine rings is 1. The third kappa shape index (κ3) is 2.10. The first-order valence-electron chi connectivity index (χ1n) is 9.96. The van der Waals surface area contributed by atoms with Crippen LogP contribution in [0.2, 0.25) is 0 Å². The van der Waals surface area contributed by atoms with Gasteiger partial charge in [0.15, 0.2) is 0 Å². The van der Waals surface area contributed by atoms with Crippen LogP contribution >= 0.6 is 0 Å². The van der Waals surface area contributed by atoms with Crippen LogP contribution in [0.5, 0.6) is 0 Å². The maximum atomic E-state index is 15.3. The topological polar surface area (TPSA) is 45.2 Å². The molecule has 3 nitrogen and oxygen atoms in total. The predicted molar refractivity (Wildman–Crippen MR) is 111 cm³/mol. The number of halogens is 1. The number of aliphatic hydroxyl groups is 1. The second-order valence-corrected chi connectivity index (χ2v) is 9.05. The highest BCUT2D eigenvalue weighted by Gasteiger charge is 2.62. The molecule has 1 aliphatic carbocycles. The fourth-order valence-corrected chi connectivity index (χ4v) is 5.65. The van der Waals surface area contributed by atoms with Gasteiger partial charge in [0.05, 0.1) is 16.7 Å². The van der Waals surface area contributed by atoms with Crippen molar-refractivity contribution < 1.29 is 9.50 Å². The summed E-state index contributed by atoms with van der Waals surface area (Å²) in [5.41, 5.74) is 2.23. The molecule has 0 spiro atoms. The summed E-state index contributed by atoms with van der Waals surface area (Å²) in [6.45, 7) is 6.16. The summed E-state index contributed by atoms with van der Waals surface area (Å²) in [6, 6.07) is 13.2. The standard InChI is InChI=1S/C24H25FN2O/c1-22(2)24(28)11-6-10-23(24,3)18-13-17(19(25)14-21(18)27-22)15-9-12-26-20-8-5-4-7-16(15)20/h4-5,7-9,12-14,27-28H,6,10-11H2,1-3H3. The summed E-state index contributed by atoms with van der Waals surface area (Å²) < 4.78 is 15.3. The van der Waals surface area contributed by atoms with Crippen LogP contribution in [0.1, 0.15) is 45.6 Å². The van der Waals surface area contributed by atoms with Gasteiger partial charge in [-0.1, -0.05) is 25.1 Å². The van der Waals surface area contributed by atoms with E-state index in [9.17, 15) is 5.11 Å². The van der Waals surface area contributed by atoms with E-state index in [1.165, 1.54) is 0 Å². The van der Waals surface area contributed by atoms with Crippen molar-refractivity contribution in [2.24, 2.45) is 0 Å². The van der Waals surface area contributed by atoms with Crippen molar-refractivity contribution in [3.8, 4) is 11.1 Å². The number of fused-ring (bicyclic) bond motifs is 4. The average Bonchev–Trinajstić information content (AvgIpc) is 2.98. The van der Waals surface area contributed by atoms with Crippen LogP contribution in [0.3, 0.4) is 0 Å². The molecule has 0 radical (unpaired) electrons. The zero-order valence-corrected chi connectivity index (χ0v) is 16.5. The fourth-order valence-electron chi connectivity index (χ4n) is 5.65. The Morgan fingerprint density at radius 2 is 1.82 bits per heavy atom. The Morgan fingerprint density at radius 3 is 2.64 bits per heavy atom. The lowest BCUT2D eigenvalue weighted by molar-refractivity contribution is -0.0628. The second kappa shape index (κ2) is 5.54. The molecule has 0 saturated heterocycles. The van der Waals surface area contributed by atoms with E-state index >= 15 is 4.39 Å². The molecule has 28 heavy (non-hydrogen) atoms. The average molecular weight is 376 g/mol. The van der Waals surface area contributed by atoms with Crippen LogP contribution < -0.4 is 5.32 Å². The Balaban J connectivity index is 1.78. The lowest BCUT2D eigenvalue weighted by Crippen LogP contribution is -2.65. The van der Waals surface area contributed by atoms with Gasteiger partial charge in [-0.25, -0.2) is 4.39 Å². The zero-order valence-electron chi connectivity index (χ0n) is 16.5. The fraction of sp³-hybridized carbons (Fsp3) is 0.375. The number of nitrogens with one attached hydrogen (secondary N) is 1. The van der Waals surface area contributed by atoms with Crippen LogP contribution in [-0.2, 0) is 5.41 Å². The van der Waals surface area contributed by atoms with Crippen LogP contribution in [0.25, 0.3) is 22.0 Å². The van der Waals surface area contributed by atoms with Crippen LogP contribution in [0.4, 0.5) is 10.1 Å². The van der Waals surface area contributed by atoms with E-state index in [2.05, 4.69) is 17.2 Å². The van der Waals surface area contributed by atoms with E-state index in [1.54, 1.807) is 12.3 Å². The summed E-state index contributed by atoms with van der Waals surface area (Å²) in [5.74, 6) is -0.259. The number of hydrogen-bond acceptors (Lipinski definition) is 3. The third-order valence-corrected chi connectivity index (χ3v) is 7.25. The highest BCUT2D eigenvalue weighted by atomic mass is 19.1. The van der Waals surface area contributed by atoms with Gasteiger partial charge in [-0.3, -0.25) is 4.98 Å². The second-order valence-electron chi connectivity index (χ2n) is 9.05. The zero-order chi connectivity index (χ0) is 19.7. The molecule has 2 N–H and O–H groups in total. The van der Waals surface area contributed by atoms with E-state index in [1.807, 2.05) is 50.2 Å². The Bertz CT molecular complexity index is 1100. The highest BCUT2D eigenvalue weighted by Crippen LogP contribution is 2.59. The molecule has 2 atom stereocenters. The maximum absolute atomic E-state index is 15.3. The Morgan fingerprint density at radius 1 is 1.04 bits per heavy atom. The SMILES string of the molecule is CC1(C)Nc2cc(F)c(-c3ccnc4ccccc34)cc2C2(C)CCCC12O. The van der Waals surface area contributed by atoms with Crippen molar-refractivity contribution in [3.63, 3.8) is 0 Å². The quantitative estimate of drug-likeness (QED) is 0.596. The molecule has 1 saturated carbocycles. The van der Waals surface area contributed by atoms with Gasteiger partial charge in [0.1, 0.15) is 5.82 Å². The normalized spacial score (nSPS) is 27.9. The summed E-state index contributed by atoms with van der Waals surface area (Å²) in [5, 5.41) is 16.0. The Labute approximate surface area is 164 Å². The lowest BCUT2D eigenvalue weighted by atomic mass is 9.60. The number of rotatable bonds is 1. The van der Waals surface area contributed by atoms with Crippen LogP contribution in [0.15, 0.2) is 48.7 Å². The maximum Gasteiger partial charge on any atom is 0.133 e. The molecule has 2 aromatic carbocycles. The molecular weight excluding hydrogens is 351 g/mol. The molecule has 4 heteroatoms. The summed E-state index contributed by atoms with van der Waals surface area (Å²) in [6.07, 6.45) is 4.32. The van der Waals surface area contributed by atoms with Gasteiger partial charge in [-0.05, 0) is 68.5 Å². The van der Waals surface area contributed by atoms with Gasteiger partial charge >= 0.3 is 0 Å². The van der Waals surface area contributed by atoms with Crippen molar-refractivity contribution >= 4 is 16.6 Å². The first kappa shape index (κ1) is 17.6. The smallest absolute Gasteiger partial charge is 0.133 e. The minimum absolute atomic E-state index is 0.259. The molecule has 1 fully saturated rings. The van der Waals surface area contributed by atoms with Crippen molar-refractivity contribution in [1.82, 2.24) is 4.98 Å². The van der Waals surface area contributed by atoms with Crippen LogP contribution in [-0.4, -0.2) is 21.2 Å². The molecule has 5 rings (SSSR count). The van der Waals surface area contributed by atoms with Crippen molar-refractivity contribution in [2.45, 2.75) is 56.6 Å². The molecule has 2 aliphatic rings. The number of para-hydroxylation sites is 1. The van der Waals surface area contributed by atoms with Crippen molar-refractivity contribution in [1.29, 1.82) is 0 Å². The monoisotopic (exact) mass is 376 g/mol. The van der Waals surface area contributed by atoms with E-state index in [-0.39, 0.29) is 5.82 Å². The highest BCUT2D eigenvalue weighted by molar-refractivity contribution is 5.95. The molecule has 0 bridgehead atoms. The minimum atomic E-state index is -0.873. The molecule has 144 valence electrons. The largest absolute Gasteiger partial charge is 0.387 e. The lowest BCUT2D eigenvalue weighted by Gasteiger charge is -2.55. The van der Waals surface area contributed by atoms with Crippen molar-refractivity contribution in [2.75, 3.05) is 5.32 Å². The number of hydrogen-bond donors (Lipinski definition) is 2. The minimum Gasteiger partial charge on any atom is -0.387 e. The number of nitrogens with zero attached hydrogens (tertiary/aromatic N) is 1. The Hall–Kier alpha value is -2.46. The molecule has 2 unspecified atom stereocenters. The van der Waals surface area contributed by atoms with Gasteiger partial charge < -0.3 is 10.4 Å². The molecule has 0 amide bonds. The summed E-state index contributed by atoms with van der Waals surface area (Å²) in [4.78, 5) is 4.41. The first-order chi connectivity index (χ1) is 13.3. The van der Waals surface area contributed by atoms with E-state index in [0.29, 0.717) is 5.56 Å². The van der Waals surface area contributed by atoms with E-state index < -0.39 is 16.6 Å². The van der Waals surface area contributed by atoms with E-state index in [0.717, 1.165) is 47.0 Å². The number of aromatic nitrogens is 1. The van der Waals surface area contributed by atoms with Gasteiger partial charge in [0.25, 0.3) is 0 Å². The van der Waals surface area contributed by atoms with Gasteiger partial charge in [-0.15, -0.1) is 0 Å².